The molecule has 1 radical (unpaired) electrons. The number of benzene rings is 4. The largest absolute Gasteiger partial charge is 0.392 e. The summed E-state index contributed by atoms with van der Waals surface area (Å²) in [7, 11) is 0. The predicted octanol–water partition coefficient (Wildman–Crippen LogP) is 8.89. The number of hydrogen-bond donors (Lipinski definition) is 2. The van der Waals surface area contributed by atoms with E-state index in [-0.39, 0.29) is 36.4 Å². The van der Waals surface area contributed by atoms with Gasteiger partial charge in [0.25, 0.3) is 0 Å². The van der Waals surface area contributed by atoms with E-state index < -0.39 is 12.2 Å². The number of aliphatic hydroxyl groups excluding tert-OH is 2. The zero-order valence-corrected chi connectivity index (χ0v) is 28.8. The van der Waals surface area contributed by atoms with Gasteiger partial charge in [0.2, 0.25) is 0 Å². The Morgan fingerprint density at radius 3 is 1.79 bits per heavy atom. The van der Waals surface area contributed by atoms with Crippen LogP contribution in [0, 0.1) is 16.9 Å². The summed E-state index contributed by atoms with van der Waals surface area (Å²) in [6.07, 6.45) is 1.44. The van der Waals surface area contributed by atoms with E-state index in [9.17, 15) is 10.2 Å². The topological polar surface area (TPSA) is 66.2 Å². The molecule has 0 aliphatic rings. The fraction of sp³-hybridized carbons (Fsp3) is 0.405. The van der Waals surface area contributed by atoms with Crippen molar-refractivity contribution < 1.29 is 30.3 Å². The van der Waals surface area contributed by atoms with Crippen LogP contribution in [0.25, 0.3) is 43.8 Å². The summed E-state index contributed by atoms with van der Waals surface area (Å²) in [6.45, 7) is 18.6. The van der Waals surface area contributed by atoms with Gasteiger partial charge < -0.3 is 15.2 Å². The molecule has 2 atom stereocenters. The van der Waals surface area contributed by atoms with Crippen molar-refractivity contribution in [3.63, 3.8) is 0 Å². The van der Waals surface area contributed by atoms with E-state index in [1.54, 1.807) is 0 Å². The monoisotopic (exact) mass is 742 g/mol. The van der Waals surface area contributed by atoms with E-state index in [1.165, 1.54) is 16.3 Å². The Morgan fingerprint density at radius 2 is 1.24 bits per heavy atom. The molecule has 2 unspecified atom stereocenters. The van der Waals surface area contributed by atoms with Crippen molar-refractivity contribution in [1.82, 2.24) is 9.97 Å². The maximum absolute atomic E-state index is 9.76. The summed E-state index contributed by atoms with van der Waals surface area (Å²) in [5.41, 5.74) is 4.98. The minimum Gasteiger partial charge on any atom is -0.392 e. The Hall–Kier alpha value is -2.69. The first-order chi connectivity index (χ1) is 19.1. The Balaban J connectivity index is 0.000000297. The van der Waals surface area contributed by atoms with Gasteiger partial charge in [0.05, 0.1) is 23.4 Å². The molecule has 4 aromatic carbocycles. The predicted molar refractivity (Wildman–Crippen MR) is 173 cm³/mol. The van der Waals surface area contributed by atoms with E-state index in [0.29, 0.717) is 6.42 Å². The van der Waals surface area contributed by atoms with Gasteiger partial charge in [0, 0.05) is 43.8 Å². The molecule has 0 bridgehead atoms. The number of fused-ring (bicyclic) bond motifs is 6. The van der Waals surface area contributed by atoms with Crippen LogP contribution in [0.15, 0.2) is 72.9 Å². The standard InChI is InChI=1S/C26H21N2.C11H24O2.Ir/c1-26(2,3)18-14-12-17(13-15-18)23-16-27-24-21-10-6-4-8-19(21)20-9-5-7-11-22(20)25(24)28-23;1-10(2,3)8(12)7-9(13)11(4,5)6;/h4-9,11-16H,1-3H3;8-9,12-13H,7H2,1-6H3;/q-1;;. The van der Waals surface area contributed by atoms with Gasteiger partial charge >= 0.3 is 0 Å². The average Bonchev–Trinajstić information content (AvgIpc) is 2.92. The van der Waals surface area contributed by atoms with Crippen molar-refractivity contribution in [2.75, 3.05) is 0 Å². The van der Waals surface area contributed by atoms with Crippen molar-refractivity contribution in [2.45, 2.75) is 86.4 Å². The third-order valence-electron chi connectivity index (χ3n) is 7.83. The molecule has 5 rings (SSSR count). The van der Waals surface area contributed by atoms with Crippen molar-refractivity contribution >= 4 is 32.6 Å². The third-order valence-corrected chi connectivity index (χ3v) is 7.83. The van der Waals surface area contributed by atoms with E-state index in [0.717, 1.165) is 33.1 Å². The van der Waals surface area contributed by atoms with Crippen LogP contribution in [0.3, 0.4) is 0 Å². The summed E-state index contributed by atoms with van der Waals surface area (Å²) in [6, 6.07) is 26.5. The normalized spacial score (nSPS) is 13.8. The number of aliphatic hydroxyl groups is 2. The minimum absolute atomic E-state index is 0. The molecule has 0 aliphatic heterocycles. The van der Waals surface area contributed by atoms with Gasteiger partial charge in [-0.15, -0.1) is 29.7 Å². The number of nitrogens with zero attached hydrogens (tertiary/aromatic N) is 2. The smallest absolute Gasteiger partial charge is 0.0873 e. The molecule has 5 heteroatoms. The van der Waals surface area contributed by atoms with Gasteiger partial charge in [-0.1, -0.05) is 122 Å². The van der Waals surface area contributed by atoms with Gasteiger partial charge in [-0.25, -0.2) is 0 Å². The first-order valence-electron chi connectivity index (χ1n) is 14.5. The van der Waals surface area contributed by atoms with Gasteiger partial charge in [0.15, 0.2) is 0 Å². The second-order valence-electron chi connectivity index (χ2n) is 14.3. The Morgan fingerprint density at radius 1 is 0.690 bits per heavy atom. The number of hydrogen-bond acceptors (Lipinski definition) is 4. The quantitative estimate of drug-likeness (QED) is 0.143. The molecule has 0 spiro atoms. The van der Waals surface area contributed by atoms with Gasteiger partial charge in [-0.2, -0.15) is 0 Å². The van der Waals surface area contributed by atoms with Crippen LogP contribution in [0.2, 0.25) is 0 Å². The fourth-order valence-electron chi connectivity index (χ4n) is 4.74. The Labute approximate surface area is 265 Å². The maximum Gasteiger partial charge on any atom is 0.0873 e. The Bertz CT molecular complexity index is 1590. The molecular weight excluding hydrogens is 697 g/mol. The van der Waals surface area contributed by atoms with E-state index >= 15 is 0 Å². The molecule has 0 fully saturated rings. The van der Waals surface area contributed by atoms with Crippen LogP contribution in [0.5, 0.6) is 0 Å². The third kappa shape index (κ3) is 7.63. The van der Waals surface area contributed by atoms with Gasteiger partial charge in [-0.3, -0.25) is 4.98 Å². The van der Waals surface area contributed by atoms with Crippen molar-refractivity contribution in [3.05, 3.63) is 84.6 Å². The molecule has 225 valence electrons. The molecule has 2 N–H and O–H groups in total. The van der Waals surface area contributed by atoms with Crippen LogP contribution in [0.4, 0.5) is 0 Å². The molecule has 1 aromatic heterocycles. The first-order valence-corrected chi connectivity index (χ1v) is 14.5. The molecule has 1 heterocycles. The van der Waals surface area contributed by atoms with Crippen molar-refractivity contribution in [3.8, 4) is 11.3 Å². The van der Waals surface area contributed by atoms with Crippen LogP contribution in [-0.2, 0) is 25.5 Å². The molecule has 0 amide bonds. The van der Waals surface area contributed by atoms with Crippen molar-refractivity contribution in [2.24, 2.45) is 10.8 Å². The molecule has 0 saturated heterocycles. The average molecular weight is 742 g/mol. The summed E-state index contributed by atoms with van der Waals surface area (Å²) >= 11 is 0. The van der Waals surface area contributed by atoms with Crippen LogP contribution in [0.1, 0.15) is 74.3 Å². The zero-order valence-electron chi connectivity index (χ0n) is 26.4. The summed E-state index contributed by atoms with van der Waals surface area (Å²) in [5.74, 6) is 0. The van der Waals surface area contributed by atoms with E-state index in [4.69, 9.17) is 9.97 Å². The second kappa shape index (κ2) is 12.9. The van der Waals surface area contributed by atoms with Crippen LogP contribution < -0.4 is 0 Å². The molecule has 42 heavy (non-hydrogen) atoms. The van der Waals surface area contributed by atoms with Crippen molar-refractivity contribution in [1.29, 1.82) is 0 Å². The number of rotatable bonds is 3. The summed E-state index contributed by atoms with van der Waals surface area (Å²) in [4.78, 5) is 9.85. The van der Waals surface area contributed by atoms with Gasteiger partial charge in [-0.05, 0) is 27.2 Å². The van der Waals surface area contributed by atoms with Crippen LogP contribution >= 0.6 is 0 Å². The second-order valence-corrected chi connectivity index (χ2v) is 14.3. The zero-order chi connectivity index (χ0) is 30.2. The van der Waals surface area contributed by atoms with E-state index in [2.05, 4.69) is 81.4 Å². The first kappa shape index (κ1) is 33.8. The Kier molecular flexibility index (Phi) is 10.4. The SMILES string of the molecule is CC(C)(C)C(O)CC(O)C(C)(C)C.CC(C)(C)c1ccc(-c2cnc3c4[c-]cccc4c4ccccc4c3n2)cc1.[Ir]. The molecule has 5 aromatic rings. The number of aromatic nitrogens is 2. The molecule has 0 aliphatic carbocycles. The molecular formula is C37H45IrN2O2-. The summed E-state index contributed by atoms with van der Waals surface area (Å²) < 4.78 is 0. The molecule has 0 saturated carbocycles. The molecule has 4 nitrogen and oxygen atoms in total. The minimum atomic E-state index is -0.443. The van der Waals surface area contributed by atoms with Crippen LogP contribution in [-0.4, -0.2) is 32.4 Å². The van der Waals surface area contributed by atoms with Gasteiger partial charge in [0.1, 0.15) is 0 Å². The fourth-order valence-corrected chi connectivity index (χ4v) is 4.74. The van der Waals surface area contributed by atoms with E-state index in [1.807, 2.05) is 59.9 Å². The summed E-state index contributed by atoms with van der Waals surface area (Å²) in [5, 5.41) is 24.0. The maximum atomic E-state index is 9.76.